The zero-order valence-electron chi connectivity index (χ0n) is 18.2. The Morgan fingerprint density at radius 3 is 2.22 bits per heavy atom. The molecule has 3 rings (SSSR count). The summed E-state index contributed by atoms with van der Waals surface area (Å²) in [5.41, 5.74) is 2.36. The highest BCUT2D eigenvalue weighted by Gasteiger charge is 2.14. The van der Waals surface area contributed by atoms with E-state index in [2.05, 4.69) is 11.4 Å². The second-order valence-corrected chi connectivity index (χ2v) is 7.30. The van der Waals surface area contributed by atoms with Crippen molar-refractivity contribution in [1.82, 2.24) is 4.90 Å². The van der Waals surface area contributed by atoms with E-state index in [0.717, 1.165) is 18.4 Å². The second kappa shape index (κ2) is 12.1. The summed E-state index contributed by atoms with van der Waals surface area (Å²) in [4.78, 5) is 14.8. The van der Waals surface area contributed by atoms with Crippen molar-refractivity contribution in [2.24, 2.45) is 0 Å². The van der Waals surface area contributed by atoms with Crippen LogP contribution in [0.3, 0.4) is 0 Å². The minimum Gasteiger partial charge on any atom is -0.457 e. The first kappa shape index (κ1) is 22.9. The number of benzene rings is 3. The molecule has 0 atom stereocenters. The number of methoxy groups -OCH3 is 1. The van der Waals surface area contributed by atoms with Gasteiger partial charge in [0.05, 0.1) is 11.6 Å². The number of hydrogen-bond acceptors (Lipinski definition) is 4. The fraction of sp³-hybridized carbons (Fsp3) is 0.231. The molecule has 0 unspecified atom stereocenters. The number of nitriles is 1. The Morgan fingerprint density at radius 2 is 1.59 bits per heavy atom. The minimum atomic E-state index is -0.146. The monoisotopic (exact) mass is 429 g/mol. The van der Waals surface area contributed by atoms with Crippen molar-refractivity contribution < 1.29 is 14.3 Å². The molecule has 0 spiro atoms. The van der Waals surface area contributed by atoms with Gasteiger partial charge in [0.15, 0.2) is 0 Å². The molecule has 0 aliphatic heterocycles. The van der Waals surface area contributed by atoms with E-state index < -0.39 is 0 Å². The molecule has 0 aliphatic carbocycles. The fourth-order valence-corrected chi connectivity index (χ4v) is 3.15. The quantitative estimate of drug-likeness (QED) is 0.413. The lowest BCUT2D eigenvalue weighted by atomic mass is 10.2. The Hall–Kier alpha value is -3.82. The summed E-state index contributed by atoms with van der Waals surface area (Å²) >= 11 is 0. The van der Waals surface area contributed by atoms with Crippen molar-refractivity contribution in [3.05, 3.63) is 90.0 Å². The first-order valence-electron chi connectivity index (χ1n) is 10.5. The number of carbonyl (C=O) groups is 1. The summed E-state index contributed by atoms with van der Waals surface area (Å²) < 4.78 is 10.9. The van der Waals surface area contributed by atoms with Gasteiger partial charge in [0.2, 0.25) is 0 Å². The number of urea groups is 1. The molecule has 6 nitrogen and oxygen atoms in total. The van der Waals surface area contributed by atoms with Crippen LogP contribution >= 0.6 is 0 Å². The van der Waals surface area contributed by atoms with Crippen molar-refractivity contribution in [1.29, 1.82) is 5.26 Å². The van der Waals surface area contributed by atoms with Crippen LogP contribution < -0.4 is 10.1 Å². The Bertz CT molecular complexity index is 1010. The van der Waals surface area contributed by atoms with Gasteiger partial charge in [-0.2, -0.15) is 5.26 Å². The zero-order chi connectivity index (χ0) is 22.6. The first-order valence-corrected chi connectivity index (χ1v) is 10.5. The average molecular weight is 430 g/mol. The van der Waals surface area contributed by atoms with Crippen LogP contribution in [0.25, 0.3) is 0 Å². The van der Waals surface area contributed by atoms with Crippen molar-refractivity contribution in [2.75, 3.05) is 25.6 Å². The van der Waals surface area contributed by atoms with Crippen LogP contribution in [0.1, 0.15) is 24.0 Å². The molecule has 0 heterocycles. The molecule has 0 aromatic heterocycles. The molecular formula is C26H27N3O3. The van der Waals surface area contributed by atoms with Gasteiger partial charge in [-0.1, -0.05) is 30.3 Å². The van der Waals surface area contributed by atoms with E-state index in [1.807, 2.05) is 47.4 Å². The van der Waals surface area contributed by atoms with Gasteiger partial charge in [-0.05, 0) is 66.9 Å². The molecule has 3 aromatic rings. The number of nitrogens with zero attached hydrogens (tertiary/aromatic N) is 2. The normalized spacial score (nSPS) is 10.2. The zero-order valence-corrected chi connectivity index (χ0v) is 18.2. The van der Waals surface area contributed by atoms with Crippen LogP contribution in [-0.2, 0) is 11.3 Å². The first-order chi connectivity index (χ1) is 15.7. The number of nitrogens with one attached hydrogen (secondary N) is 1. The van der Waals surface area contributed by atoms with Gasteiger partial charge in [-0.3, -0.25) is 0 Å². The number of amides is 2. The molecular weight excluding hydrogens is 402 g/mol. The number of ether oxygens (including phenoxy) is 2. The summed E-state index contributed by atoms with van der Waals surface area (Å²) in [6.45, 7) is 1.87. The van der Waals surface area contributed by atoms with Crippen molar-refractivity contribution in [2.45, 2.75) is 19.4 Å². The molecule has 0 aliphatic rings. The topological polar surface area (TPSA) is 74.6 Å². The van der Waals surface area contributed by atoms with Gasteiger partial charge in [0, 0.05) is 32.5 Å². The van der Waals surface area contributed by atoms with Gasteiger partial charge < -0.3 is 19.7 Å². The molecule has 0 saturated carbocycles. The lowest BCUT2D eigenvalue weighted by molar-refractivity contribution is 0.182. The largest absolute Gasteiger partial charge is 0.457 e. The maximum Gasteiger partial charge on any atom is 0.322 e. The minimum absolute atomic E-state index is 0.146. The summed E-state index contributed by atoms with van der Waals surface area (Å²) in [5, 5.41) is 11.9. The van der Waals surface area contributed by atoms with E-state index in [1.165, 1.54) is 0 Å². The molecule has 1 N–H and O–H groups in total. The van der Waals surface area contributed by atoms with Gasteiger partial charge in [0.25, 0.3) is 0 Å². The molecule has 3 aromatic carbocycles. The van der Waals surface area contributed by atoms with Gasteiger partial charge in [0.1, 0.15) is 11.5 Å². The van der Waals surface area contributed by atoms with Gasteiger partial charge in [-0.25, -0.2) is 4.79 Å². The third-order valence-corrected chi connectivity index (χ3v) is 4.85. The predicted molar refractivity (Wildman–Crippen MR) is 125 cm³/mol. The van der Waals surface area contributed by atoms with Crippen LogP contribution in [0.2, 0.25) is 0 Å². The van der Waals surface area contributed by atoms with Gasteiger partial charge in [-0.15, -0.1) is 0 Å². The molecule has 2 amide bonds. The predicted octanol–water partition coefficient (Wildman–Crippen LogP) is 5.81. The third-order valence-electron chi connectivity index (χ3n) is 4.85. The summed E-state index contributed by atoms with van der Waals surface area (Å²) in [5.74, 6) is 1.29. The Morgan fingerprint density at radius 1 is 0.938 bits per heavy atom. The number of anilines is 1. The van der Waals surface area contributed by atoms with Crippen LogP contribution in [0.5, 0.6) is 11.5 Å². The molecule has 0 bridgehead atoms. The van der Waals surface area contributed by atoms with Gasteiger partial charge >= 0.3 is 6.03 Å². The number of hydrogen-bond donors (Lipinski definition) is 1. The van der Waals surface area contributed by atoms with E-state index in [0.29, 0.717) is 42.4 Å². The van der Waals surface area contributed by atoms with Crippen LogP contribution in [0.15, 0.2) is 78.9 Å². The molecule has 32 heavy (non-hydrogen) atoms. The maximum atomic E-state index is 12.9. The van der Waals surface area contributed by atoms with E-state index >= 15 is 0 Å². The average Bonchev–Trinajstić information content (AvgIpc) is 2.83. The second-order valence-electron chi connectivity index (χ2n) is 7.30. The lowest BCUT2D eigenvalue weighted by Gasteiger charge is -2.23. The molecule has 6 heteroatoms. The van der Waals surface area contributed by atoms with Crippen molar-refractivity contribution in [3.8, 4) is 17.6 Å². The lowest BCUT2D eigenvalue weighted by Crippen LogP contribution is -2.35. The van der Waals surface area contributed by atoms with Crippen LogP contribution in [0, 0.1) is 11.3 Å². The Labute approximate surface area is 189 Å². The third kappa shape index (κ3) is 7.15. The van der Waals surface area contributed by atoms with Crippen molar-refractivity contribution >= 4 is 11.7 Å². The van der Waals surface area contributed by atoms with Crippen molar-refractivity contribution in [3.63, 3.8) is 0 Å². The molecule has 0 radical (unpaired) electrons. The summed E-state index contributed by atoms with van der Waals surface area (Å²) in [6.07, 6.45) is 1.77. The SMILES string of the molecule is COCCCCN(Cc1ccccc1)C(=O)Nc1ccc(Oc2ccc(C#N)cc2)cc1. The highest BCUT2D eigenvalue weighted by atomic mass is 16.5. The number of unbranched alkanes of at least 4 members (excludes halogenated alkanes) is 1. The molecule has 164 valence electrons. The van der Waals surface area contributed by atoms with E-state index in [-0.39, 0.29) is 6.03 Å². The smallest absolute Gasteiger partial charge is 0.322 e. The summed E-state index contributed by atoms with van der Waals surface area (Å²) in [7, 11) is 1.68. The van der Waals surface area contributed by atoms with E-state index in [4.69, 9.17) is 14.7 Å². The Kier molecular flexibility index (Phi) is 8.67. The standard InChI is InChI=1S/C26H27N3O3/c1-31-18-6-5-17-29(20-22-7-3-2-4-8-22)26(30)28-23-11-15-25(16-12-23)32-24-13-9-21(19-27)10-14-24/h2-4,7-16H,5-6,17-18,20H2,1H3,(H,28,30). The number of rotatable bonds is 10. The maximum absolute atomic E-state index is 12.9. The van der Waals surface area contributed by atoms with Crippen LogP contribution in [-0.4, -0.2) is 31.2 Å². The number of carbonyl (C=O) groups excluding carboxylic acids is 1. The molecule has 0 fully saturated rings. The van der Waals surface area contributed by atoms with E-state index in [9.17, 15) is 4.79 Å². The van der Waals surface area contributed by atoms with Crippen LogP contribution in [0.4, 0.5) is 10.5 Å². The van der Waals surface area contributed by atoms with E-state index in [1.54, 1.807) is 43.5 Å². The summed E-state index contributed by atoms with van der Waals surface area (Å²) in [6, 6.07) is 26.0. The Balaban J connectivity index is 1.60. The highest BCUT2D eigenvalue weighted by molar-refractivity contribution is 5.89. The highest BCUT2D eigenvalue weighted by Crippen LogP contribution is 2.23. The fourth-order valence-electron chi connectivity index (χ4n) is 3.15. The molecule has 0 saturated heterocycles.